The van der Waals surface area contributed by atoms with Crippen molar-refractivity contribution in [2.24, 2.45) is 5.10 Å². The number of amides is 1. The van der Waals surface area contributed by atoms with Crippen LogP contribution in [0.4, 0.5) is 5.69 Å². The summed E-state index contributed by atoms with van der Waals surface area (Å²) >= 11 is 0. The van der Waals surface area contributed by atoms with Crippen LogP contribution in [0.1, 0.15) is 15.9 Å². The second-order valence-electron chi connectivity index (χ2n) is 4.28. The first-order chi connectivity index (χ1) is 10.6. The van der Waals surface area contributed by atoms with Gasteiger partial charge in [-0.15, -0.1) is 0 Å². The number of hydrogen-bond donors (Lipinski definition) is 1. The average Bonchev–Trinajstić information content (AvgIpc) is 2.55. The molecule has 2 aromatic carbocycles. The summed E-state index contributed by atoms with van der Waals surface area (Å²) in [5, 5.41) is 14.5. The SMILES string of the molecule is COc1cccc(C=NNC(=O)c2cccc([N+](=O)[O-])c2)c1. The summed E-state index contributed by atoms with van der Waals surface area (Å²) in [5.74, 6) is 0.150. The topological polar surface area (TPSA) is 93.8 Å². The number of nitro groups is 1. The summed E-state index contributed by atoms with van der Waals surface area (Å²) in [6.45, 7) is 0. The minimum atomic E-state index is -0.559. The number of ether oxygens (including phenoxy) is 1. The van der Waals surface area contributed by atoms with Gasteiger partial charge in [0.1, 0.15) is 5.75 Å². The van der Waals surface area contributed by atoms with Crippen LogP contribution in [0.5, 0.6) is 5.75 Å². The predicted molar refractivity (Wildman–Crippen MR) is 81.2 cm³/mol. The normalized spacial score (nSPS) is 10.4. The minimum Gasteiger partial charge on any atom is -0.497 e. The number of nitrogens with zero attached hydrogens (tertiary/aromatic N) is 2. The van der Waals surface area contributed by atoms with Gasteiger partial charge in [-0.2, -0.15) is 5.10 Å². The largest absolute Gasteiger partial charge is 0.497 e. The molecule has 0 spiro atoms. The first kappa shape index (κ1) is 15.2. The van der Waals surface area contributed by atoms with Crippen molar-refractivity contribution >= 4 is 17.8 Å². The average molecular weight is 299 g/mol. The zero-order chi connectivity index (χ0) is 15.9. The van der Waals surface area contributed by atoms with Crippen LogP contribution in [0.3, 0.4) is 0 Å². The molecule has 0 fully saturated rings. The molecule has 0 radical (unpaired) electrons. The Morgan fingerprint density at radius 1 is 1.27 bits per heavy atom. The Morgan fingerprint density at radius 2 is 2.05 bits per heavy atom. The summed E-state index contributed by atoms with van der Waals surface area (Å²) in [7, 11) is 1.56. The summed E-state index contributed by atoms with van der Waals surface area (Å²) in [4.78, 5) is 22.0. The van der Waals surface area contributed by atoms with Crippen LogP contribution >= 0.6 is 0 Å². The molecule has 0 aliphatic heterocycles. The first-order valence-corrected chi connectivity index (χ1v) is 6.32. The zero-order valence-corrected chi connectivity index (χ0v) is 11.7. The van der Waals surface area contributed by atoms with E-state index in [0.717, 1.165) is 5.56 Å². The molecule has 0 saturated heterocycles. The lowest BCUT2D eigenvalue weighted by atomic mass is 10.2. The molecule has 0 aliphatic rings. The van der Waals surface area contributed by atoms with Crippen molar-refractivity contribution in [2.75, 3.05) is 7.11 Å². The van der Waals surface area contributed by atoms with Crippen molar-refractivity contribution in [1.82, 2.24) is 5.43 Å². The highest BCUT2D eigenvalue weighted by Crippen LogP contribution is 2.13. The van der Waals surface area contributed by atoms with Crippen molar-refractivity contribution in [3.63, 3.8) is 0 Å². The van der Waals surface area contributed by atoms with Crippen LogP contribution < -0.4 is 10.2 Å². The lowest BCUT2D eigenvalue weighted by Gasteiger charge is -2.01. The molecule has 2 rings (SSSR count). The van der Waals surface area contributed by atoms with E-state index in [1.54, 1.807) is 31.4 Å². The summed E-state index contributed by atoms with van der Waals surface area (Å²) < 4.78 is 5.07. The van der Waals surface area contributed by atoms with Gasteiger partial charge in [0.05, 0.1) is 18.2 Å². The van der Waals surface area contributed by atoms with Gasteiger partial charge in [0, 0.05) is 17.7 Å². The van der Waals surface area contributed by atoms with Gasteiger partial charge in [-0.05, 0) is 23.8 Å². The zero-order valence-electron chi connectivity index (χ0n) is 11.7. The van der Waals surface area contributed by atoms with Crippen LogP contribution in [0.25, 0.3) is 0 Å². The second-order valence-corrected chi connectivity index (χ2v) is 4.28. The van der Waals surface area contributed by atoms with Crippen molar-refractivity contribution in [3.8, 4) is 5.75 Å². The van der Waals surface area contributed by atoms with E-state index in [4.69, 9.17) is 4.74 Å². The number of benzene rings is 2. The van der Waals surface area contributed by atoms with Crippen LogP contribution in [0, 0.1) is 10.1 Å². The fraction of sp³-hybridized carbons (Fsp3) is 0.0667. The van der Waals surface area contributed by atoms with E-state index in [1.807, 2.05) is 0 Å². The Labute approximate surface area is 126 Å². The van der Waals surface area contributed by atoms with Gasteiger partial charge in [-0.3, -0.25) is 14.9 Å². The van der Waals surface area contributed by atoms with Gasteiger partial charge in [0.2, 0.25) is 0 Å². The lowest BCUT2D eigenvalue weighted by molar-refractivity contribution is -0.384. The first-order valence-electron chi connectivity index (χ1n) is 6.32. The number of non-ortho nitro benzene ring substituents is 1. The number of carbonyl (C=O) groups is 1. The quantitative estimate of drug-likeness (QED) is 0.521. The summed E-state index contributed by atoms with van der Waals surface area (Å²) in [6, 6.07) is 12.6. The second kappa shape index (κ2) is 6.98. The highest BCUT2D eigenvalue weighted by atomic mass is 16.6. The Balaban J connectivity index is 2.04. The molecule has 0 unspecified atom stereocenters. The Kier molecular flexibility index (Phi) is 4.81. The standard InChI is InChI=1S/C15H13N3O4/c1-22-14-7-2-4-11(8-14)10-16-17-15(19)12-5-3-6-13(9-12)18(20)21/h2-10H,1H3,(H,17,19). The number of methoxy groups -OCH3 is 1. The molecule has 7 heteroatoms. The summed E-state index contributed by atoms with van der Waals surface area (Å²) in [5.41, 5.74) is 3.08. The van der Waals surface area contributed by atoms with Crippen LogP contribution in [-0.2, 0) is 0 Å². The van der Waals surface area contributed by atoms with Gasteiger partial charge in [-0.1, -0.05) is 18.2 Å². The highest BCUT2D eigenvalue weighted by molar-refractivity contribution is 5.95. The maximum Gasteiger partial charge on any atom is 0.271 e. The van der Waals surface area contributed by atoms with Crippen molar-refractivity contribution in [2.45, 2.75) is 0 Å². The van der Waals surface area contributed by atoms with Gasteiger partial charge in [-0.25, -0.2) is 5.43 Å². The minimum absolute atomic E-state index is 0.149. The predicted octanol–water partition coefficient (Wildman–Crippen LogP) is 2.37. The molecule has 1 N–H and O–H groups in total. The van der Waals surface area contributed by atoms with Gasteiger partial charge in [0.15, 0.2) is 0 Å². The van der Waals surface area contributed by atoms with Gasteiger partial charge < -0.3 is 4.74 Å². The lowest BCUT2D eigenvalue weighted by Crippen LogP contribution is -2.17. The van der Waals surface area contributed by atoms with E-state index in [2.05, 4.69) is 10.5 Å². The number of rotatable bonds is 5. The summed E-state index contributed by atoms with van der Waals surface area (Å²) in [6.07, 6.45) is 1.46. The van der Waals surface area contributed by atoms with Gasteiger partial charge >= 0.3 is 0 Å². The molecule has 2 aromatic rings. The molecule has 0 bridgehead atoms. The molecule has 7 nitrogen and oxygen atoms in total. The Bertz CT molecular complexity index is 728. The van der Waals surface area contributed by atoms with E-state index in [-0.39, 0.29) is 11.3 Å². The van der Waals surface area contributed by atoms with Crippen molar-refractivity contribution in [3.05, 3.63) is 69.8 Å². The van der Waals surface area contributed by atoms with Crippen LogP contribution in [0.2, 0.25) is 0 Å². The Hall–Kier alpha value is -3.22. The number of hydrazone groups is 1. The number of carbonyl (C=O) groups excluding carboxylic acids is 1. The maximum absolute atomic E-state index is 11.9. The fourth-order valence-electron chi connectivity index (χ4n) is 1.71. The third-order valence-corrected chi connectivity index (χ3v) is 2.79. The smallest absolute Gasteiger partial charge is 0.271 e. The molecule has 0 aromatic heterocycles. The number of hydrogen-bond acceptors (Lipinski definition) is 5. The van der Waals surface area contributed by atoms with Gasteiger partial charge in [0.25, 0.3) is 11.6 Å². The van der Waals surface area contributed by atoms with E-state index in [1.165, 1.54) is 30.5 Å². The molecule has 1 amide bonds. The third kappa shape index (κ3) is 3.89. The molecular weight excluding hydrogens is 286 g/mol. The fourth-order valence-corrected chi connectivity index (χ4v) is 1.71. The van der Waals surface area contributed by atoms with Crippen molar-refractivity contribution < 1.29 is 14.5 Å². The number of nitrogens with one attached hydrogen (secondary N) is 1. The molecule has 0 heterocycles. The van der Waals surface area contributed by atoms with Crippen molar-refractivity contribution in [1.29, 1.82) is 0 Å². The molecular formula is C15H13N3O4. The maximum atomic E-state index is 11.9. The monoisotopic (exact) mass is 299 g/mol. The van der Waals surface area contributed by atoms with Crippen LogP contribution in [0.15, 0.2) is 53.6 Å². The molecule has 112 valence electrons. The third-order valence-electron chi connectivity index (χ3n) is 2.79. The van der Waals surface area contributed by atoms with E-state index in [9.17, 15) is 14.9 Å². The van der Waals surface area contributed by atoms with Crippen LogP contribution in [-0.4, -0.2) is 24.2 Å². The van der Waals surface area contributed by atoms with E-state index < -0.39 is 10.8 Å². The molecule has 0 saturated carbocycles. The van der Waals surface area contributed by atoms with E-state index in [0.29, 0.717) is 5.75 Å². The Morgan fingerprint density at radius 3 is 2.77 bits per heavy atom. The van der Waals surface area contributed by atoms with E-state index >= 15 is 0 Å². The molecule has 0 aliphatic carbocycles. The highest BCUT2D eigenvalue weighted by Gasteiger charge is 2.10. The number of nitro benzene ring substituents is 1. The molecule has 0 atom stereocenters. The molecule has 22 heavy (non-hydrogen) atoms.